The second-order valence-electron chi connectivity index (χ2n) is 6.77. The van der Waals surface area contributed by atoms with Gasteiger partial charge in [-0.05, 0) is 43.2 Å². The molecule has 160 valence electrons. The van der Waals surface area contributed by atoms with Crippen molar-refractivity contribution in [2.45, 2.75) is 45.4 Å². The molecule has 0 unspecified atom stereocenters. The molecule has 0 aromatic heterocycles. The van der Waals surface area contributed by atoms with Gasteiger partial charge in [0.25, 0.3) is 0 Å². The van der Waals surface area contributed by atoms with Gasteiger partial charge in [0.05, 0.1) is 5.56 Å². The number of hydrogen-bond donors (Lipinski definition) is 1. The van der Waals surface area contributed by atoms with Crippen LogP contribution in [0.1, 0.15) is 55.8 Å². The number of carbonyl (C=O) groups is 2. The van der Waals surface area contributed by atoms with Crippen molar-refractivity contribution in [3.05, 3.63) is 65.5 Å². The third-order valence-corrected chi connectivity index (χ3v) is 4.49. The van der Waals surface area contributed by atoms with E-state index in [0.29, 0.717) is 12.5 Å². The van der Waals surface area contributed by atoms with Gasteiger partial charge in [-0.25, -0.2) is 22.8 Å². The summed E-state index contributed by atoms with van der Waals surface area (Å²) < 4.78 is 46.4. The Morgan fingerprint density at radius 1 is 0.967 bits per heavy atom. The molecular formula is C23H23F3O4. The van der Waals surface area contributed by atoms with Crippen LogP contribution in [-0.2, 0) is 4.79 Å². The van der Waals surface area contributed by atoms with E-state index < -0.39 is 35.0 Å². The van der Waals surface area contributed by atoms with Gasteiger partial charge in [-0.2, -0.15) is 0 Å². The molecule has 0 radical (unpaired) electrons. The lowest BCUT2D eigenvalue weighted by atomic mass is 10.0. The van der Waals surface area contributed by atoms with E-state index in [1.807, 2.05) is 0 Å². The zero-order valence-corrected chi connectivity index (χ0v) is 16.6. The predicted octanol–water partition coefficient (Wildman–Crippen LogP) is 6.29. The van der Waals surface area contributed by atoms with Crippen molar-refractivity contribution in [3.8, 4) is 16.9 Å². The van der Waals surface area contributed by atoms with Crippen LogP contribution in [-0.4, -0.2) is 17.0 Å². The largest absolute Gasteiger partial charge is 0.478 e. The Bertz CT molecular complexity index is 938. The van der Waals surface area contributed by atoms with E-state index in [9.17, 15) is 27.9 Å². The number of halogens is 3. The summed E-state index contributed by atoms with van der Waals surface area (Å²) >= 11 is 0. The standard InChI is InChI=1S/C23H23F3O4/c1-2-3-4-5-6-7-8-9-20(27)30-19-13-10-15(23(28)29)14-17(19)16-11-12-18(24)22(26)21(16)25/h8-14H,2-7H2,1H3,(H,28,29). The van der Waals surface area contributed by atoms with E-state index >= 15 is 0 Å². The van der Waals surface area contributed by atoms with Gasteiger partial charge < -0.3 is 9.84 Å². The molecule has 0 amide bonds. The number of benzene rings is 2. The molecule has 4 nitrogen and oxygen atoms in total. The number of carboxylic acid groups (broad SMARTS) is 1. The smallest absolute Gasteiger partial charge is 0.335 e. The summed E-state index contributed by atoms with van der Waals surface area (Å²) in [7, 11) is 0. The van der Waals surface area contributed by atoms with E-state index in [1.165, 1.54) is 24.6 Å². The molecule has 0 aliphatic carbocycles. The highest BCUT2D eigenvalue weighted by Gasteiger charge is 2.20. The Labute approximate surface area is 173 Å². The number of unbranched alkanes of at least 4 members (excludes halogenated alkanes) is 5. The molecule has 0 spiro atoms. The molecule has 0 saturated heterocycles. The molecule has 0 heterocycles. The summed E-state index contributed by atoms with van der Waals surface area (Å²) in [6.45, 7) is 2.12. The van der Waals surface area contributed by atoms with Crippen molar-refractivity contribution in [3.63, 3.8) is 0 Å². The first-order chi connectivity index (χ1) is 14.3. The minimum absolute atomic E-state index is 0.164. The minimum atomic E-state index is -1.70. The van der Waals surface area contributed by atoms with Gasteiger partial charge in [-0.1, -0.05) is 38.7 Å². The Hall–Kier alpha value is -3.09. The van der Waals surface area contributed by atoms with Crippen LogP contribution in [0.2, 0.25) is 0 Å². The van der Waals surface area contributed by atoms with Gasteiger partial charge in [0, 0.05) is 17.2 Å². The molecule has 2 aromatic rings. The first-order valence-corrected chi connectivity index (χ1v) is 9.74. The molecule has 7 heteroatoms. The maximum atomic E-state index is 14.3. The molecule has 2 aromatic carbocycles. The van der Waals surface area contributed by atoms with Crippen molar-refractivity contribution in [1.29, 1.82) is 0 Å². The van der Waals surface area contributed by atoms with Crippen LogP contribution in [0.15, 0.2) is 42.5 Å². The first-order valence-electron chi connectivity index (χ1n) is 9.74. The van der Waals surface area contributed by atoms with Crippen molar-refractivity contribution in [2.75, 3.05) is 0 Å². The summed E-state index contributed by atoms with van der Waals surface area (Å²) in [6, 6.07) is 5.06. The quantitative estimate of drug-likeness (QED) is 0.161. The number of esters is 1. The van der Waals surface area contributed by atoms with Crippen LogP contribution in [0.4, 0.5) is 13.2 Å². The maximum Gasteiger partial charge on any atom is 0.335 e. The highest BCUT2D eigenvalue weighted by atomic mass is 19.2. The molecule has 0 aliphatic rings. The third kappa shape index (κ3) is 6.20. The van der Waals surface area contributed by atoms with Crippen LogP contribution in [0.5, 0.6) is 5.75 Å². The highest BCUT2D eigenvalue weighted by Crippen LogP contribution is 2.34. The van der Waals surface area contributed by atoms with Gasteiger partial charge in [-0.15, -0.1) is 0 Å². The second kappa shape index (κ2) is 11.2. The van der Waals surface area contributed by atoms with E-state index in [2.05, 4.69) is 6.92 Å². The molecule has 0 fully saturated rings. The minimum Gasteiger partial charge on any atom is -0.478 e. The van der Waals surface area contributed by atoms with E-state index in [-0.39, 0.29) is 16.9 Å². The molecule has 30 heavy (non-hydrogen) atoms. The van der Waals surface area contributed by atoms with Gasteiger partial charge in [0.15, 0.2) is 17.5 Å². The fourth-order valence-corrected chi connectivity index (χ4v) is 2.88. The van der Waals surface area contributed by atoms with Crippen molar-refractivity contribution in [2.24, 2.45) is 0 Å². The van der Waals surface area contributed by atoms with Crippen LogP contribution >= 0.6 is 0 Å². The number of carbonyl (C=O) groups excluding carboxylic acids is 1. The number of ether oxygens (including phenoxy) is 1. The Morgan fingerprint density at radius 2 is 1.70 bits per heavy atom. The fourth-order valence-electron chi connectivity index (χ4n) is 2.88. The maximum absolute atomic E-state index is 14.3. The molecule has 0 atom stereocenters. The average molecular weight is 420 g/mol. The van der Waals surface area contributed by atoms with Gasteiger partial charge in [-0.3, -0.25) is 0 Å². The van der Waals surface area contributed by atoms with Crippen LogP contribution in [0.25, 0.3) is 11.1 Å². The summed E-state index contributed by atoms with van der Waals surface area (Å²) in [5.74, 6) is -6.80. The topological polar surface area (TPSA) is 63.6 Å². The lowest BCUT2D eigenvalue weighted by Gasteiger charge is -2.12. The van der Waals surface area contributed by atoms with Crippen LogP contribution < -0.4 is 4.74 Å². The Morgan fingerprint density at radius 3 is 2.40 bits per heavy atom. The third-order valence-electron chi connectivity index (χ3n) is 4.49. The molecule has 1 N–H and O–H groups in total. The second-order valence-corrected chi connectivity index (χ2v) is 6.77. The fraction of sp³-hybridized carbons (Fsp3) is 0.304. The molecular weight excluding hydrogens is 397 g/mol. The average Bonchev–Trinajstić information content (AvgIpc) is 2.72. The highest BCUT2D eigenvalue weighted by molar-refractivity contribution is 5.92. The van der Waals surface area contributed by atoms with Crippen molar-refractivity contribution >= 4 is 11.9 Å². The molecule has 2 rings (SSSR count). The summed E-state index contributed by atoms with van der Waals surface area (Å²) in [6.07, 6.45) is 9.03. The van der Waals surface area contributed by atoms with Crippen molar-refractivity contribution in [1.82, 2.24) is 0 Å². The van der Waals surface area contributed by atoms with Gasteiger partial charge in [0.2, 0.25) is 0 Å². The number of allylic oxidation sites excluding steroid dienone is 1. The molecule has 0 aliphatic heterocycles. The normalized spacial score (nSPS) is 11.1. The van der Waals surface area contributed by atoms with Crippen LogP contribution in [0, 0.1) is 17.5 Å². The zero-order valence-electron chi connectivity index (χ0n) is 16.6. The van der Waals surface area contributed by atoms with E-state index in [0.717, 1.165) is 37.8 Å². The molecule has 0 bridgehead atoms. The summed E-state index contributed by atoms with van der Waals surface area (Å²) in [5.41, 5.74) is -0.816. The number of hydrogen-bond acceptors (Lipinski definition) is 3. The Kier molecular flexibility index (Phi) is 8.65. The van der Waals surface area contributed by atoms with E-state index in [4.69, 9.17) is 4.74 Å². The summed E-state index contributed by atoms with van der Waals surface area (Å²) in [5, 5.41) is 9.17. The molecule has 0 saturated carbocycles. The van der Waals surface area contributed by atoms with Crippen molar-refractivity contribution < 1.29 is 32.6 Å². The van der Waals surface area contributed by atoms with Crippen LogP contribution in [0.3, 0.4) is 0 Å². The monoisotopic (exact) mass is 420 g/mol. The van der Waals surface area contributed by atoms with E-state index in [1.54, 1.807) is 6.08 Å². The van der Waals surface area contributed by atoms with Gasteiger partial charge >= 0.3 is 11.9 Å². The van der Waals surface area contributed by atoms with Gasteiger partial charge in [0.1, 0.15) is 5.75 Å². The predicted molar refractivity (Wildman–Crippen MR) is 107 cm³/mol. The number of rotatable bonds is 10. The summed E-state index contributed by atoms with van der Waals surface area (Å²) in [4.78, 5) is 23.3. The number of aromatic carboxylic acids is 1. The Balaban J connectivity index is 2.21. The number of carboxylic acids is 1. The lowest BCUT2D eigenvalue weighted by molar-refractivity contribution is -0.128. The zero-order chi connectivity index (χ0) is 22.1. The first kappa shape index (κ1) is 23.2. The lowest BCUT2D eigenvalue weighted by Crippen LogP contribution is -2.07. The SMILES string of the molecule is CCCCCCCC=CC(=O)Oc1ccc(C(=O)O)cc1-c1ccc(F)c(F)c1F.